The summed E-state index contributed by atoms with van der Waals surface area (Å²) in [6.07, 6.45) is 1.65. The van der Waals surface area contributed by atoms with Crippen LogP contribution in [-0.4, -0.2) is 36.5 Å². The molecule has 0 aliphatic heterocycles. The van der Waals surface area contributed by atoms with Crippen molar-refractivity contribution in [2.75, 3.05) is 21.3 Å². The molecule has 0 fully saturated rings. The lowest BCUT2D eigenvalue weighted by Crippen LogP contribution is -1.97. The monoisotopic (exact) mass is 379 g/mol. The van der Waals surface area contributed by atoms with Crippen molar-refractivity contribution in [3.8, 4) is 39.6 Å². The molecule has 0 aliphatic rings. The number of fused-ring (bicyclic) bond motifs is 1. The number of halogens is 1. The standard InChI is InChI=1S/C21H18FN3O3/c1-26-16-8-7-15(19(27-2)20(16)28-3)18-17-14(9-10-23-21(17)25-24-18)12-5-4-6-13(22)11-12/h4-11H,1-3H3,(H,23,24,25). The zero-order valence-corrected chi connectivity index (χ0v) is 15.6. The summed E-state index contributed by atoms with van der Waals surface area (Å²) in [5.41, 5.74) is 3.49. The van der Waals surface area contributed by atoms with Gasteiger partial charge in [0.15, 0.2) is 17.1 Å². The second-order valence-corrected chi connectivity index (χ2v) is 6.05. The Morgan fingerprint density at radius 2 is 1.71 bits per heavy atom. The van der Waals surface area contributed by atoms with Crippen molar-refractivity contribution in [1.82, 2.24) is 15.2 Å². The van der Waals surface area contributed by atoms with Gasteiger partial charge in [0.25, 0.3) is 0 Å². The van der Waals surface area contributed by atoms with Crippen LogP contribution in [0.1, 0.15) is 0 Å². The molecule has 0 bridgehead atoms. The topological polar surface area (TPSA) is 69.3 Å². The van der Waals surface area contributed by atoms with Gasteiger partial charge in [-0.2, -0.15) is 5.10 Å². The number of rotatable bonds is 5. The van der Waals surface area contributed by atoms with E-state index in [0.717, 1.165) is 22.1 Å². The van der Waals surface area contributed by atoms with Crippen LogP contribution in [0.5, 0.6) is 17.2 Å². The SMILES string of the molecule is COc1ccc(-c2[nH]nc3nccc(-c4cccc(F)c4)c23)c(OC)c1OC. The van der Waals surface area contributed by atoms with Gasteiger partial charge in [-0.1, -0.05) is 12.1 Å². The number of benzene rings is 2. The lowest BCUT2D eigenvalue weighted by atomic mass is 9.99. The van der Waals surface area contributed by atoms with Crippen molar-refractivity contribution in [3.63, 3.8) is 0 Å². The summed E-state index contributed by atoms with van der Waals surface area (Å²) in [5, 5.41) is 8.12. The lowest BCUT2D eigenvalue weighted by molar-refractivity contribution is 0.325. The number of ether oxygens (including phenoxy) is 3. The van der Waals surface area contributed by atoms with Crippen LogP contribution in [0.3, 0.4) is 0 Å². The van der Waals surface area contributed by atoms with Gasteiger partial charge in [0.1, 0.15) is 5.82 Å². The molecule has 6 nitrogen and oxygen atoms in total. The smallest absolute Gasteiger partial charge is 0.203 e. The predicted molar refractivity (Wildman–Crippen MR) is 104 cm³/mol. The Kier molecular flexibility index (Phi) is 4.57. The second kappa shape index (κ2) is 7.19. The van der Waals surface area contributed by atoms with Gasteiger partial charge in [-0.05, 0) is 41.5 Å². The molecule has 0 radical (unpaired) electrons. The summed E-state index contributed by atoms with van der Waals surface area (Å²) >= 11 is 0. The zero-order chi connectivity index (χ0) is 19.7. The molecule has 0 spiro atoms. The fourth-order valence-electron chi connectivity index (χ4n) is 3.34. The van der Waals surface area contributed by atoms with Gasteiger partial charge in [-0.15, -0.1) is 0 Å². The molecule has 2 aromatic carbocycles. The maximum absolute atomic E-state index is 13.8. The highest BCUT2D eigenvalue weighted by Crippen LogP contribution is 2.46. The average molecular weight is 379 g/mol. The van der Waals surface area contributed by atoms with Gasteiger partial charge >= 0.3 is 0 Å². The van der Waals surface area contributed by atoms with Crippen LogP contribution >= 0.6 is 0 Å². The van der Waals surface area contributed by atoms with Crippen LogP contribution in [0.25, 0.3) is 33.4 Å². The molecule has 0 amide bonds. The summed E-state index contributed by atoms with van der Waals surface area (Å²) in [7, 11) is 4.68. The molecule has 4 aromatic rings. The first-order valence-corrected chi connectivity index (χ1v) is 8.56. The minimum Gasteiger partial charge on any atom is -0.493 e. The predicted octanol–water partition coefficient (Wildman–Crippen LogP) is 4.46. The molecule has 2 heterocycles. The van der Waals surface area contributed by atoms with Crippen LogP contribution in [0.4, 0.5) is 4.39 Å². The van der Waals surface area contributed by atoms with E-state index >= 15 is 0 Å². The van der Waals surface area contributed by atoms with Crippen molar-refractivity contribution < 1.29 is 18.6 Å². The molecule has 2 aromatic heterocycles. The lowest BCUT2D eigenvalue weighted by Gasteiger charge is -2.15. The van der Waals surface area contributed by atoms with Gasteiger partial charge in [0.05, 0.1) is 32.4 Å². The van der Waals surface area contributed by atoms with Crippen LogP contribution in [0.15, 0.2) is 48.7 Å². The molecule has 7 heteroatoms. The van der Waals surface area contributed by atoms with E-state index in [4.69, 9.17) is 14.2 Å². The number of nitrogens with one attached hydrogen (secondary N) is 1. The normalized spacial score (nSPS) is 10.9. The quantitative estimate of drug-likeness (QED) is 0.555. The molecular formula is C21H18FN3O3. The Labute approximate surface area is 160 Å². The van der Waals surface area contributed by atoms with Crippen LogP contribution < -0.4 is 14.2 Å². The van der Waals surface area contributed by atoms with Crippen LogP contribution in [0, 0.1) is 5.82 Å². The minimum atomic E-state index is -0.309. The van der Waals surface area contributed by atoms with E-state index in [1.165, 1.54) is 12.1 Å². The molecule has 0 saturated carbocycles. The number of pyridine rings is 1. The van der Waals surface area contributed by atoms with Gasteiger partial charge in [-0.25, -0.2) is 9.37 Å². The first kappa shape index (κ1) is 17.8. The first-order chi connectivity index (χ1) is 13.7. The Morgan fingerprint density at radius 1 is 0.893 bits per heavy atom. The fraction of sp³-hybridized carbons (Fsp3) is 0.143. The molecule has 0 saturated heterocycles. The number of aromatic nitrogens is 3. The Morgan fingerprint density at radius 3 is 2.43 bits per heavy atom. The van der Waals surface area contributed by atoms with E-state index in [-0.39, 0.29) is 5.82 Å². The van der Waals surface area contributed by atoms with Crippen molar-refractivity contribution in [3.05, 3.63) is 54.5 Å². The van der Waals surface area contributed by atoms with E-state index in [1.807, 2.05) is 18.2 Å². The first-order valence-electron chi connectivity index (χ1n) is 8.56. The molecule has 142 valence electrons. The van der Waals surface area contributed by atoms with Crippen molar-refractivity contribution in [2.45, 2.75) is 0 Å². The number of aromatic amines is 1. The summed E-state index contributed by atoms with van der Waals surface area (Å²) in [4.78, 5) is 4.33. The molecule has 4 rings (SSSR count). The highest BCUT2D eigenvalue weighted by Gasteiger charge is 2.22. The Bertz CT molecular complexity index is 1160. The van der Waals surface area contributed by atoms with Crippen molar-refractivity contribution in [2.24, 2.45) is 0 Å². The maximum atomic E-state index is 13.8. The third kappa shape index (κ3) is 2.81. The Hall–Kier alpha value is -3.61. The van der Waals surface area contributed by atoms with Crippen molar-refractivity contribution in [1.29, 1.82) is 0 Å². The van der Waals surface area contributed by atoms with Crippen LogP contribution in [0.2, 0.25) is 0 Å². The fourth-order valence-corrected chi connectivity index (χ4v) is 3.34. The maximum Gasteiger partial charge on any atom is 0.203 e. The molecule has 0 atom stereocenters. The van der Waals surface area contributed by atoms with Gasteiger partial charge in [0, 0.05) is 11.8 Å². The van der Waals surface area contributed by atoms with Gasteiger partial charge < -0.3 is 14.2 Å². The third-order valence-electron chi connectivity index (χ3n) is 4.56. The van der Waals surface area contributed by atoms with E-state index in [1.54, 1.807) is 39.7 Å². The van der Waals surface area contributed by atoms with Crippen molar-refractivity contribution >= 4 is 11.0 Å². The summed E-state index contributed by atoms with van der Waals surface area (Å²) in [5.74, 6) is 1.22. The Balaban J connectivity index is 2.02. The zero-order valence-electron chi connectivity index (χ0n) is 15.6. The second-order valence-electron chi connectivity index (χ2n) is 6.05. The largest absolute Gasteiger partial charge is 0.493 e. The summed E-state index contributed by atoms with van der Waals surface area (Å²) in [6.45, 7) is 0. The molecule has 0 aliphatic carbocycles. The number of methoxy groups -OCH3 is 3. The number of hydrogen-bond acceptors (Lipinski definition) is 5. The molecule has 1 N–H and O–H groups in total. The number of H-pyrrole nitrogens is 1. The third-order valence-corrected chi connectivity index (χ3v) is 4.56. The van der Waals surface area contributed by atoms with E-state index in [9.17, 15) is 4.39 Å². The van der Waals surface area contributed by atoms with E-state index < -0.39 is 0 Å². The molecule has 0 unspecified atom stereocenters. The average Bonchev–Trinajstić information content (AvgIpc) is 3.16. The minimum absolute atomic E-state index is 0.309. The summed E-state index contributed by atoms with van der Waals surface area (Å²) in [6, 6.07) is 11.9. The highest BCUT2D eigenvalue weighted by atomic mass is 19.1. The van der Waals surface area contributed by atoms with Crippen LogP contribution in [-0.2, 0) is 0 Å². The molecular weight excluding hydrogens is 361 g/mol. The van der Waals surface area contributed by atoms with E-state index in [0.29, 0.717) is 28.6 Å². The van der Waals surface area contributed by atoms with E-state index in [2.05, 4.69) is 15.2 Å². The summed E-state index contributed by atoms with van der Waals surface area (Å²) < 4.78 is 30.3. The number of nitrogens with zero attached hydrogens (tertiary/aromatic N) is 2. The van der Waals surface area contributed by atoms with Gasteiger partial charge in [-0.3, -0.25) is 5.10 Å². The number of hydrogen-bond donors (Lipinski definition) is 1. The van der Waals surface area contributed by atoms with Gasteiger partial charge in [0.2, 0.25) is 5.75 Å². The highest BCUT2D eigenvalue weighted by molar-refractivity contribution is 6.03. The molecule has 28 heavy (non-hydrogen) atoms.